The van der Waals surface area contributed by atoms with Crippen molar-refractivity contribution in [2.24, 2.45) is 11.7 Å². The number of carbonyl (C=O) groups is 1. The van der Waals surface area contributed by atoms with Crippen LogP contribution in [0.2, 0.25) is 0 Å². The molecule has 1 amide bonds. The van der Waals surface area contributed by atoms with Gasteiger partial charge in [0, 0.05) is 20.2 Å². The summed E-state index contributed by atoms with van der Waals surface area (Å²) in [7, 11) is 1.58. The minimum absolute atomic E-state index is 0.0444. The summed E-state index contributed by atoms with van der Waals surface area (Å²) in [5.41, 5.74) is 5.41. The Morgan fingerprint density at radius 1 is 1.64 bits per heavy atom. The first-order chi connectivity index (χ1) is 6.76. The third-order valence-corrected chi connectivity index (χ3v) is 2.58. The highest BCUT2D eigenvalue weighted by Gasteiger charge is 2.20. The van der Waals surface area contributed by atoms with Gasteiger partial charge in [-0.1, -0.05) is 12.8 Å². The van der Waals surface area contributed by atoms with E-state index in [0.717, 1.165) is 18.9 Å². The molecule has 1 atom stereocenters. The highest BCUT2D eigenvalue weighted by atomic mass is 16.5. The molecule has 0 heterocycles. The van der Waals surface area contributed by atoms with E-state index in [-0.39, 0.29) is 12.0 Å². The monoisotopic (exact) mass is 200 g/mol. The lowest BCUT2D eigenvalue weighted by molar-refractivity contribution is -0.123. The van der Waals surface area contributed by atoms with Gasteiger partial charge in [-0.25, -0.2) is 0 Å². The summed E-state index contributed by atoms with van der Waals surface area (Å²) in [4.78, 5) is 11.3. The standard InChI is InChI=1S/C10H20N2O2/c1-14-9(7-11)6-10(13)12-5-4-8-2-3-8/h8-9H,2-7,11H2,1H3,(H,12,13). The minimum atomic E-state index is -0.143. The molecule has 0 aromatic heterocycles. The van der Waals surface area contributed by atoms with Crippen LogP contribution >= 0.6 is 0 Å². The fourth-order valence-electron chi connectivity index (χ4n) is 1.36. The molecule has 14 heavy (non-hydrogen) atoms. The molecule has 1 aliphatic carbocycles. The van der Waals surface area contributed by atoms with Crippen molar-refractivity contribution in [3.05, 3.63) is 0 Å². The molecule has 0 aliphatic heterocycles. The van der Waals surface area contributed by atoms with E-state index in [1.165, 1.54) is 12.8 Å². The summed E-state index contributed by atoms with van der Waals surface area (Å²) in [6.45, 7) is 1.19. The number of hydrogen-bond acceptors (Lipinski definition) is 3. The van der Waals surface area contributed by atoms with Crippen molar-refractivity contribution >= 4 is 5.91 Å². The van der Waals surface area contributed by atoms with Crippen molar-refractivity contribution in [1.82, 2.24) is 5.32 Å². The van der Waals surface area contributed by atoms with Crippen LogP contribution in [0.4, 0.5) is 0 Å². The van der Waals surface area contributed by atoms with E-state index in [2.05, 4.69) is 5.32 Å². The molecule has 4 heteroatoms. The predicted molar refractivity (Wildman–Crippen MR) is 54.8 cm³/mol. The topological polar surface area (TPSA) is 64.3 Å². The summed E-state index contributed by atoms with van der Waals surface area (Å²) in [5.74, 6) is 0.908. The predicted octanol–water partition coefficient (Wildman–Crippen LogP) is 0.267. The zero-order valence-electron chi connectivity index (χ0n) is 8.79. The van der Waals surface area contributed by atoms with E-state index in [1.54, 1.807) is 7.11 Å². The number of amides is 1. The van der Waals surface area contributed by atoms with Crippen LogP contribution in [0.15, 0.2) is 0 Å². The van der Waals surface area contributed by atoms with Gasteiger partial charge in [0.05, 0.1) is 12.5 Å². The SMILES string of the molecule is COC(CN)CC(=O)NCCC1CC1. The van der Waals surface area contributed by atoms with Crippen molar-refractivity contribution in [3.8, 4) is 0 Å². The van der Waals surface area contributed by atoms with Crippen molar-refractivity contribution in [2.45, 2.75) is 31.8 Å². The maximum absolute atomic E-state index is 11.3. The van der Waals surface area contributed by atoms with Gasteiger partial charge in [-0.15, -0.1) is 0 Å². The van der Waals surface area contributed by atoms with Crippen LogP contribution in [0.1, 0.15) is 25.7 Å². The van der Waals surface area contributed by atoms with Crippen molar-refractivity contribution in [3.63, 3.8) is 0 Å². The lowest BCUT2D eigenvalue weighted by Gasteiger charge is -2.12. The Labute approximate surface area is 85.2 Å². The average Bonchev–Trinajstić information content (AvgIpc) is 2.98. The number of methoxy groups -OCH3 is 1. The number of nitrogens with one attached hydrogen (secondary N) is 1. The lowest BCUT2D eigenvalue weighted by Crippen LogP contribution is -2.32. The molecule has 3 N–H and O–H groups in total. The van der Waals surface area contributed by atoms with E-state index in [4.69, 9.17) is 10.5 Å². The van der Waals surface area contributed by atoms with E-state index in [0.29, 0.717) is 13.0 Å². The van der Waals surface area contributed by atoms with Gasteiger partial charge in [-0.05, 0) is 12.3 Å². The van der Waals surface area contributed by atoms with E-state index in [9.17, 15) is 4.79 Å². The molecular formula is C10H20N2O2. The van der Waals surface area contributed by atoms with Gasteiger partial charge < -0.3 is 15.8 Å². The zero-order chi connectivity index (χ0) is 10.4. The fourth-order valence-corrected chi connectivity index (χ4v) is 1.36. The number of carbonyl (C=O) groups excluding carboxylic acids is 1. The number of ether oxygens (including phenoxy) is 1. The summed E-state index contributed by atoms with van der Waals surface area (Å²) in [5, 5.41) is 2.88. The molecule has 1 fully saturated rings. The second kappa shape index (κ2) is 5.98. The second-order valence-corrected chi connectivity index (χ2v) is 3.88. The normalized spacial score (nSPS) is 17.9. The lowest BCUT2D eigenvalue weighted by atomic mass is 10.2. The maximum atomic E-state index is 11.3. The Kier molecular flexibility index (Phi) is 4.90. The molecule has 1 unspecified atom stereocenters. The third kappa shape index (κ3) is 4.58. The van der Waals surface area contributed by atoms with Crippen LogP contribution in [-0.4, -0.2) is 32.2 Å². The van der Waals surface area contributed by atoms with Gasteiger partial charge in [0.2, 0.25) is 5.91 Å². The van der Waals surface area contributed by atoms with Crippen LogP contribution in [0, 0.1) is 5.92 Å². The van der Waals surface area contributed by atoms with Crippen molar-refractivity contribution < 1.29 is 9.53 Å². The number of nitrogens with two attached hydrogens (primary N) is 1. The third-order valence-electron chi connectivity index (χ3n) is 2.58. The Hall–Kier alpha value is -0.610. The van der Waals surface area contributed by atoms with Gasteiger partial charge in [0.25, 0.3) is 0 Å². The maximum Gasteiger partial charge on any atom is 0.222 e. The summed E-state index contributed by atoms with van der Waals surface area (Å²) in [6, 6.07) is 0. The Morgan fingerprint density at radius 2 is 2.36 bits per heavy atom. The molecule has 4 nitrogen and oxygen atoms in total. The van der Waals surface area contributed by atoms with Gasteiger partial charge in [-0.3, -0.25) is 4.79 Å². The first kappa shape index (κ1) is 11.5. The molecule has 0 spiro atoms. The van der Waals surface area contributed by atoms with Crippen LogP contribution < -0.4 is 11.1 Å². The molecule has 0 saturated heterocycles. The summed E-state index contributed by atoms with van der Waals surface area (Å²) in [6.07, 6.45) is 4.01. The molecule has 1 aliphatic rings. The van der Waals surface area contributed by atoms with Gasteiger partial charge in [0.1, 0.15) is 0 Å². The van der Waals surface area contributed by atoms with E-state index < -0.39 is 0 Å². The summed E-state index contributed by atoms with van der Waals surface area (Å²) < 4.78 is 5.02. The smallest absolute Gasteiger partial charge is 0.222 e. The summed E-state index contributed by atoms with van der Waals surface area (Å²) >= 11 is 0. The largest absolute Gasteiger partial charge is 0.380 e. The molecular weight excluding hydrogens is 180 g/mol. The Bertz CT molecular complexity index is 177. The molecule has 0 aromatic carbocycles. The van der Waals surface area contributed by atoms with Gasteiger partial charge in [-0.2, -0.15) is 0 Å². The van der Waals surface area contributed by atoms with E-state index >= 15 is 0 Å². The first-order valence-electron chi connectivity index (χ1n) is 5.25. The van der Waals surface area contributed by atoms with Gasteiger partial charge >= 0.3 is 0 Å². The van der Waals surface area contributed by atoms with Crippen LogP contribution in [0.25, 0.3) is 0 Å². The minimum Gasteiger partial charge on any atom is -0.380 e. The number of rotatable bonds is 7. The quantitative estimate of drug-likeness (QED) is 0.620. The van der Waals surface area contributed by atoms with Crippen LogP contribution in [0.3, 0.4) is 0 Å². The average molecular weight is 200 g/mol. The zero-order valence-corrected chi connectivity index (χ0v) is 8.79. The van der Waals surface area contributed by atoms with E-state index in [1.807, 2.05) is 0 Å². The van der Waals surface area contributed by atoms with Crippen molar-refractivity contribution in [1.29, 1.82) is 0 Å². The van der Waals surface area contributed by atoms with Crippen molar-refractivity contribution in [2.75, 3.05) is 20.2 Å². The molecule has 82 valence electrons. The number of hydrogen-bond donors (Lipinski definition) is 2. The van der Waals surface area contributed by atoms with Crippen LogP contribution in [0.5, 0.6) is 0 Å². The highest BCUT2D eigenvalue weighted by Crippen LogP contribution is 2.31. The van der Waals surface area contributed by atoms with Gasteiger partial charge in [0.15, 0.2) is 0 Å². The molecule has 1 rings (SSSR count). The molecule has 1 saturated carbocycles. The molecule has 0 bridgehead atoms. The first-order valence-corrected chi connectivity index (χ1v) is 5.25. The Balaban J connectivity index is 2.01. The highest BCUT2D eigenvalue weighted by molar-refractivity contribution is 5.76. The second-order valence-electron chi connectivity index (χ2n) is 3.88. The van der Waals surface area contributed by atoms with Crippen LogP contribution in [-0.2, 0) is 9.53 Å². The molecule has 0 aromatic rings. The Morgan fingerprint density at radius 3 is 2.86 bits per heavy atom. The fraction of sp³-hybridized carbons (Fsp3) is 0.900. The molecule has 0 radical (unpaired) electrons.